The van der Waals surface area contributed by atoms with Crippen LogP contribution >= 0.6 is 0 Å². The molecule has 0 spiro atoms. The number of hydrogen-bond acceptors (Lipinski definition) is 2. The van der Waals surface area contributed by atoms with Crippen molar-refractivity contribution in [3.05, 3.63) is 12.2 Å². The lowest BCUT2D eigenvalue weighted by Gasteiger charge is -2.30. The van der Waals surface area contributed by atoms with Gasteiger partial charge in [0.15, 0.2) is 0 Å². The van der Waals surface area contributed by atoms with E-state index in [1.807, 2.05) is 25.7 Å². The standard InChI is InChI=1S/C12H19NO2/c1-8-5-10-6-9(8)7-13(10)11(14)15-12(2,3)4/h9-10H,1,5-7H2,2-4H3/t9?,10-/m0/s1. The highest BCUT2D eigenvalue weighted by atomic mass is 16.6. The molecule has 0 aromatic carbocycles. The summed E-state index contributed by atoms with van der Waals surface area (Å²) < 4.78 is 5.37. The van der Waals surface area contributed by atoms with Crippen LogP contribution in [0.15, 0.2) is 12.2 Å². The Bertz CT molecular complexity index is 303. The number of rotatable bonds is 0. The van der Waals surface area contributed by atoms with Crippen LogP contribution in [0.2, 0.25) is 0 Å². The fourth-order valence-corrected chi connectivity index (χ4v) is 2.42. The number of piperidine rings is 1. The molecular formula is C12H19NO2. The van der Waals surface area contributed by atoms with Crippen LogP contribution in [0.25, 0.3) is 0 Å². The molecule has 3 heteroatoms. The van der Waals surface area contributed by atoms with Gasteiger partial charge in [-0.3, -0.25) is 0 Å². The number of carbonyl (C=O) groups is 1. The van der Waals surface area contributed by atoms with E-state index in [1.54, 1.807) is 0 Å². The van der Waals surface area contributed by atoms with E-state index in [4.69, 9.17) is 4.74 Å². The summed E-state index contributed by atoms with van der Waals surface area (Å²) in [6.45, 7) is 10.5. The smallest absolute Gasteiger partial charge is 0.410 e. The summed E-state index contributed by atoms with van der Waals surface area (Å²) in [5.41, 5.74) is 0.912. The zero-order valence-electron chi connectivity index (χ0n) is 9.75. The molecule has 1 aliphatic heterocycles. The van der Waals surface area contributed by atoms with Crippen LogP contribution in [0.4, 0.5) is 4.79 Å². The van der Waals surface area contributed by atoms with Gasteiger partial charge >= 0.3 is 6.09 Å². The SMILES string of the molecule is C=C1C[C@H]2CC1CN2C(=O)OC(C)(C)C. The molecule has 0 radical (unpaired) electrons. The minimum atomic E-state index is -0.393. The maximum Gasteiger partial charge on any atom is 0.410 e. The molecule has 2 atom stereocenters. The van der Waals surface area contributed by atoms with E-state index < -0.39 is 5.60 Å². The van der Waals surface area contributed by atoms with Gasteiger partial charge in [-0.25, -0.2) is 4.79 Å². The number of ether oxygens (including phenoxy) is 1. The minimum Gasteiger partial charge on any atom is -0.444 e. The minimum absolute atomic E-state index is 0.164. The van der Waals surface area contributed by atoms with Gasteiger partial charge in [-0.1, -0.05) is 12.2 Å². The monoisotopic (exact) mass is 209 g/mol. The van der Waals surface area contributed by atoms with E-state index in [1.165, 1.54) is 5.57 Å². The summed E-state index contributed by atoms with van der Waals surface area (Å²) >= 11 is 0. The molecular weight excluding hydrogens is 190 g/mol. The summed E-state index contributed by atoms with van der Waals surface area (Å²) in [5, 5.41) is 0. The van der Waals surface area contributed by atoms with E-state index in [-0.39, 0.29) is 6.09 Å². The molecule has 0 aromatic rings. The van der Waals surface area contributed by atoms with Gasteiger partial charge in [-0.15, -0.1) is 0 Å². The number of nitrogens with zero attached hydrogens (tertiary/aromatic N) is 1. The first-order chi connectivity index (χ1) is 6.87. The maximum absolute atomic E-state index is 11.8. The number of likely N-dealkylation sites (tertiary alicyclic amines) is 1. The third-order valence-corrected chi connectivity index (χ3v) is 3.12. The Kier molecular flexibility index (Phi) is 2.28. The molecule has 3 nitrogen and oxygen atoms in total. The number of amides is 1. The van der Waals surface area contributed by atoms with Crippen LogP contribution in [0.3, 0.4) is 0 Å². The zero-order chi connectivity index (χ0) is 11.2. The number of fused-ring (bicyclic) bond motifs is 2. The molecule has 2 fully saturated rings. The molecule has 1 heterocycles. The van der Waals surface area contributed by atoms with Crippen molar-refractivity contribution in [2.24, 2.45) is 5.92 Å². The van der Waals surface area contributed by atoms with Crippen LogP contribution in [0.1, 0.15) is 33.6 Å². The molecule has 2 aliphatic rings. The molecule has 1 saturated heterocycles. The van der Waals surface area contributed by atoms with E-state index in [9.17, 15) is 4.79 Å². The van der Waals surface area contributed by atoms with Crippen molar-refractivity contribution in [1.82, 2.24) is 4.90 Å². The fourth-order valence-electron chi connectivity index (χ4n) is 2.42. The number of carbonyl (C=O) groups excluding carboxylic acids is 1. The second-order valence-corrected chi connectivity index (χ2v) is 5.58. The second-order valence-electron chi connectivity index (χ2n) is 5.58. The normalized spacial score (nSPS) is 29.8. The van der Waals surface area contributed by atoms with Gasteiger partial charge < -0.3 is 9.64 Å². The molecule has 0 N–H and O–H groups in total. The predicted molar refractivity (Wildman–Crippen MR) is 58.6 cm³/mol. The molecule has 1 unspecified atom stereocenters. The van der Waals surface area contributed by atoms with Gasteiger partial charge in [0.2, 0.25) is 0 Å². The Morgan fingerprint density at radius 3 is 2.60 bits per heavy atom. The first-order valence-corrected chi connectivity index (χ1v) is 5.54. The van der Waals surface area contributed by atoms with Crippen molar-refractivity contribution in [3.8, 4) is 0 Å². The summed E-state index contributed by atoms with van der Waals surface area (Å²) in [5.74, 6) is 0.516. The highest BCUT2D eigenvalue weighted by Gasteiger charge is 2.43. The van der Waals surface area contributed by atoms with Crippen LogP contribution < -0.4 is 0 Å². The molecule has 2 bridgehead atoms. The molecule has 84 valence electrons. The van der Waals surface area contributed by atoms with Crippen molar-refractivity contribution in [3.63, 3.8) is 0 Å². The van der Waals surface area contributed by atoms with Crippen molar-refractivity contribution < 1.29 is 9.53 Å². The first kappa shape index (κ1) is 10.5. The average Bonchev–Trinajstić information content (AvgIpc) is 2.58. The van der Waals surface area contributed by atoms with E-state index in [2.05, 4.69) is 6.58 Å². The summed E-state index contributed by atoms with van der Waals surface area (Å²) in [6.07, 6.45) is 1.88. The lowest BCUT2D eigenvalue weighted by molar-refractivity contribution is 0.0209. The van der Waals surface area contributed by atoms with E-state index in [0.717, 1.165) is 19.4 Å². The van der Waals surface area contributed by atoms with Gasteiger partial charge in [-0.05, 0) is 39.5 Å². The van der Waals surface area contributed by atoms with Gasteiger partial charge in [0.05, 0.1) is 0 Å². The first-order valence-electron chi connectivity index (χ1n) is 5.54. The Morgan fingerprint density at radius 1 is 1.53 bits per heavy atom. The predicted octanol–water partition coefficient (Wildman–Crippen LogP) is 2.57. The Labute approximate surface area is 91.1 Å². The van der Waals surface area contributed by atoms with Gasteiger partial charge in [0, 0.05) is 12.6 Å². The molecule has 1 saturated carbocycles. The van der Waals surface area contributed by atoms with Gasteiger partial charge in [0.1, 0.15) is 5.60 Å². The van der Waals surface area contributed by atoms with Crippen molar-refractivity contribution in [2.75, 3.05) is 6.54 Å². The molecule has 1 amide bonds. The van der Waals surface area contributed by atoms with Crippen LogP contribution in [-0.2, 0) is 4.74 Å². The van der Waals surface area contributed by atoms with Crippen LogP contribution in [0.5, 0.6) is 0 Å². The number of hydrogen-bond donors (Lipinski definition) is 0. The molecule has 0 aromatic heterocycles. The lowest BCUT2D eigenvalue weighted by Crippen LogP contribution is -2.41. The molecule has 1 aliphatic carbocycles. The molecule has 15 heavy (non-hydrogen) atoms. The van der Waals surface area contributed by atoms with Crippen molar-refractivity contribution >= 4 is 6.09 Å². The highest BCUT2D eigenvalue weighted by molar-refractivity contribution is 5.69. The van der Waals surface area contributed by atoms with E-state index >= 15 is 0 Å². The maximum atomic E-state index is 11.8. The van der Waals surface area contributed by atoms with Gasteiger partial charge in [-0.2, -0.15) is 0 Å². The summed E-state index contributed by atoms with van der Waals surface area (Å²) in [4.78, 5) is 13.7. The second kappa shape index (κ2) is 3.26. The topological polar surface area (TPSA) is 29.5 Å². The van der Waals surface area contributed by atoms with Crippen LogP contribution in [0, 0.1) is 5.92 Å². The Hall–Kier alpha value is -0.990. The summed E-state index contributed by atoms with van der Waals surface area (Å²) in [7, 11) is 0. The third-order valence-electron chi connectivity index (χ3n) is 3.12. The van der Waals surface area contributed by atoms with Crippen molar-refractivity contribution in [1.29, 1.82) is 0 Å². The van der Waals surface area contributed by atoms with Crippen molar-refractivity contribution in [2.45, 2.75) is 45.3 Å². The highest BCUT2D eigenvalue weighted by Crippen LogP contribution is 2.41. The van der Waals surface area contributed by atoms with Gasteiger partial charge in [0.25, 0.3) is 0 Å². The molecule has 2 rings (SSSR count). The van der Waals surface area contributed by atoms with Crippen LogP contribution in [-0.4, -0.2) is 29.2 Å². The van der Waals surface area contributed by atoms with E-state index in [0.29, 0.717) is 12.0 Å². The average molecular weight is 209 g/mol. The lowest BCUT2D eigenvalue weighted by atomic mass is 10.0. The quantitative estimate of drug-likeness (QED) is 0.574. The Morgan fingerprint density at radius 2 is 2.20 bits per heavy atom. The zero-order valence-corrected chi connectivity index (χ0v) is 9.75. The largest absolute Gasteiger partial charge is 0.444 e. The Balaban J connectivity index is 1.97. The summed E-state index contributed by atoms with van der Waals surface area (Å²) in [6, 6.07) is 0.345. The third kappa shape index (κ3) is 2.01. The fraction of sp³-hybridized carbons (Fsp3) is 0.750.